The summed E-state index contributed by atoms with van der Waals surface area (Å²) in [5, 5.41) is 0.968. The zero-order valence-electron chi connectivity index (χ0n) is 20.9. The van der Waals surface area contributed by atoms with Crippen molar-refractivity contribution in [3.05, 3.63) is 94.9 Å². The highest BCUT2D eigenvalue weighted by molar-refractivity contribution is 6.16. The molecule has 0 spiro atoms. The molecule has 5 rings (SSSR count). The van der Waals surface area contributed by atoms with E-state index in [9.17, 15) is 9.59 Å². The zero-order valence-corrected chi connectivity index (χ0v) is 20.9. The molecule has 7 nitrogen and oxygen atoms in total. The van der Waals surface area contributed by atoms with Crippen molar-refractivity contribution in [3.63, 3.8) is 0 Å². The van der Waals surface area contributed by atoms with E-state index in [0.29, 0.717) is 22.6 Å². The summed E-state index contributed by atoms with van der Waals surface area (Å²) in [5.74, 6) is 1.12. The van der Waals surface area contributed by atoms with Crippen molar-refractivity contribution in [2.45, 2.75) is 27.0 Å². The number of esters is 1. The molecule has 0 bridgehead atoms. The van der Waals surface area contributed by atoms with Gasteiger partial charge in [-0.15, -0.1) is 0 Å². The van der Waals surface area contributed by atoms with Gasteiger partial charge in [-0.25, -0.2) is 4.79 Å². The lowest BCUT2D eigenvalue weighted by Crippen LogP contribution is -2.14. The van der Waals surface area contributed by atoms with Crippen molar-refractivity contribution in [3.8, 4) is 17.2 Å². The van der Waals surface area contributed by atoms with Crippen LogP contribution in [0.4, 0.5) is 0 Å². The molecule has 0 N–H and O–H groups in total. The molecule has 0 fully saturated rings. The lowest BCUT2D eigenvalue weighted by Gasteiger charge is -2.09. The van der Waals surface area contributed by atoms with Gasteiger partial charge in [0.1, 0.15) is 23.9 Å². The minimum atomic E-state index is -0.484. The Balaban J connectivity index is 1.33. The first-order valence-corrected chi connectivity index (χ1v) is 12.0. The number of aryl methyl sites for hydroxylation is 2. The van der Waals surface area contributed by atoms with E-state index in [1.54, 1.807) is 25.3 Å². The molecule has 0 unspecified atom stereocenters. The molecule has 2 heterocycles. The first kappa shape index (κ1) is 24.2. The van der Waals surface area contributed by atoms with Gasteiger partial charge in [-0.1, -0.05) is 30.3 Å². The Hall–Kier alpha value is -4.52. The summed E-state index contributed by atoms with van der Waals surface area (Å²) in [5.41, 5.74) is 4.00. The summed E-state index contributed by atoms with van der Waals surface area (Å²) in [4.78, 5) is 25.4. The Kier molecular flexibility index (Phi) is 6.68. The van der Waals surface area contributed by atoms with Crippen LogP contribution < -0.4 is 14.2 Å². The van der Waals surface area contributed by atoms with Crippen molar-refractivity contribution in [2.75, 3.05) is 13.7 Å². The summed E-state index contributed by atoms with van der Waals surface area (Å²) < 4.78 is 24.4. The van der Waals surface area contributed by atoms with Gasteiger partial charge in [0.05, 0.1) is 12.7 Å². The smallest absolute Gasteiger partial charge is 0.344 e. The van der Waals surface area contributed by atoms with E-state index in [4.69, 9.17) is 18.9 Å². The molecule has 1 aliphatic rings. The molecule has 188 valence electrons. The fraction of sp³-hybridized carbons (Fsp3) is 0.200. The fourth-order valence-electron chi connectivity index (χ4n) is 4.43. The minimum absolute atomic E-state index is 0.179. The number of methoxy groups -OCH3 is 1. The number of ketones is 1. The lowest BCUT2D eigenvalue weighted by atomic mass is 10.0. The Labute approximate surface area is 214 Å². The number of carbonyl (C=O) groups excluding carboxylic acids is 2. The molecule has 0 saturated carbocycles. The van der Waals surface area contributed by atoms with Crippen LogP contribution in [0.25, 0.3) is 17.0 Å². The molecule has 7 heteroatoms. The van der Waals surface area contributed by atoms with Crippen molar-refractivity contribution < 1.29 is 28.5 Å². The molecule has 0 aliphatic carbocycles. The standard InChI is InChI=1S/C30H27NO6/c1-4-31-16-21(24-14-22(34-3)10-11-25(24)31)13-27-30(33)29-19(2)12-23(15-26(29)37-27)35-18-28(32)36-17-20-8-6-5-7-9-20/h5-16H,4,17-18H2,1-3H3/b27-13-. The van der Waals surface area contributed by atoms with Gasteiger partial charge in [0, 0.05) is 35.3 Å². The molecule has 0 atom stereocenters. The molecule has 4 aromatic rings. The Morgan fingerprint density at radius 1 is 1.05 bits per heavy atom. The average molecular weight is 498 g/mol. The average Bonchev–Trinajstić information content (AvgIpc) is 3.43. The van der Waals surface area contributed by atoms with Crippen molar-refractivity contribution in [1.29, 1.82) is 0 Å². The minimum Gasteiger partial charge on any atom is -0.497 e. The number of hydrogen-bond acceptors (Lipinski definition) is 6. The number of nitrogens with zero attached hydrogens (tertiary/aromatic N) is 1. The maximum atomic E-state index is 13.2. The normalized spacial score (nSPS) is 13.5. The largest absolute Gasteiger partial charge is 0.497 e. The van der Waals surface area contributed by atoms with Crippen LogP contribution in [0.5, 0.6) is 17.2 Å². The maximum absolute atomic E-state index is 13.2. The van der Waals surface area contributed by atoms with Crippen LogP contribution in [0.2, 0.25) is 0 Å². The van der Waals surface area contributed by atoms with Crippen LogP contribution in [0.1, 0.15) is 34.0 Å². The Bertz CT molecular complexity index is 1520. The summed E-state index contributed by atoms with van der Waals surface area (Å²) in [6, 6.07) is 18.7. The third-order valence-corrected chi connectivity index (χ3v) is 6.29. The van der Waals surface area contributed by atoms with Gasteiger partial charge < -0.3 is 23.5 Å². The maximum Gasteiger partial charge on any atom is 0.344 e. The predicted octanol–water partition coefficient (Wildman–Crippen LogP) is 5.72. The van der Waals surface area contributed by atoms with E-state index in [0.717, 1.165) is 34.3 Å². The van der Waals surface area contributed by atoms with Crippen LogP contribution in [0.15, 0.2) is 72.6 Å². The summed E-state index contributed by atoms with van der Waals surface area (Å²) >= 11 is 0. The number of fused-ring (bicyclic) bond motifs is 2. The van der Waals surface area contributed by atoms with Crippen molar-refractivity contribution in [1.82, 2.24) is 4.57 Å². The fourth-order valence-corrected chi connectivity index (χ4v) is 4.43. The van der Waals surface area contributed by atoms with E-state index in [1.165, 1.54) is 0 Å². The van der Waals surface area contributed by atoms with Crippen molar-refractivity contribution in [2.24, 2.45) is 0 Å². The number of aromatic nitrogens is 1. The quantitative estimate of drug-likeness (QED) is 0.229. The highest BCUT2D eigenvalue weighted by atomic mass is 16.6. The SMILES string of the molecule is CCn1cc(/C=C2\Oc3cc(OCC(=O)OCc4ccccc4)cc(C)c3C2=O)c2cc(OC)ccc21. The second-order valence-corrected chi connectivity index (χ2v) is 8.74. The predicted molar refractivity (Wildman–Crippen MR) is 140 cm³/mol. The number of allylic oxidation sites excluding steroid dienone is 1. The lowest BCUT2D eigenvalue weighted by molar-refractivity contribution is -0.147. The summed E-state index contributed by atoms with van der Waals surface area (Å²) in [6.07, 6.45) is 3.76. The van der Waals surface area contributed by atoms with Crippen LogP contribution in [-0.2, 0) is 22.7 Å². The van der Waals surface area contributed by atoms with Gasteiger partial charge >= 0.3 is 5.97 Å². The third-order valence-electron chi connectivity index (χ3n) is 6.29. The number of carbonyl (C=O) groups is 2. The number of Topliss-reactive ketones (excluding diaryl/α,β-unsaturated/α-hetero) is 1. The monoisotopic (exact) mass is 497 g/mol. The molecule has 1 aromatic heterocycles. The van der Waals surface area contributed by atoms with Gasteiger partial charge in [0.25, 0.3) is 0 Å². The van der Waals surface area contributed by atoms with Gasteiger partial charge in [0.15, 0.2) is 12.4 Å². The van der Waals surface area contributed by atoms with E-state index in [2.05, 4.69) is 11.5 Å². The molecule has 0 amide bonds. The number of benzene rings is 3. The molecule has 3 aromatic carbocycles. The van der Waals surface area contributed by atoms with E-state index >= 15 is 0 Å². The summed E-state index contributed by atoms with van der Waals surface area (Å²) in [6.45, 7) is 4.60. The highest BCUT2D eigenvalue weighted by Crippen LogP contribution is 2.38. The van der Waals surface area contributed by atoms with Crippen LogP contribution in [0, 0.1) is 6.92 Å². The zero-order chi connectivity index (χ0) is 25.9. The van der Waals surface area contributed by atoms with E-state index < -0.39 is 5.97 Å². The van der Waals surface area contributed by atoms with Gasteiger partial charge in [0.2, 0.25) is 5.78 Å². The highest BCUT2D eigenvalue weighted by Gasteiger charge is 2.30. The number of ether oxygens (including phenoxy) is 4. The topological polar surface area (TPSA) is 76.0 Å². The van der Waals surface area contributed by atoms with Crippen LogP contribution >= 0.6 is 0 Å². The Morgan fingerprint density at radius 3 is 2.62 bits per heavy atom. The van der Waals surface area contributed by atoms with Gasteiger partial charge in [-0.05, 0) is 55.3 Å². The third kappa shape index (κ3) is 4.93. The second kappa shape index (κ2) is 10.2. The van der Waals surface area contributed by atoms with Crippen LogP contribution in [-0.4, -0.2) is 30.0 Å². The molecule has 0 saturated heterocycles. The number of hydrogen-bond donors (Lipinski definition) is 0. The molecular weight excluding hydrogens is 470 g/mol. The van der Waals surface area contributed by atoms with E-state index in [1.807, 2.05) is 61.7 Å². The first-order chi connectivity index (χ1) is 18.0. The van der Waals surface area contributed by atoms with E-state index in [-0.39, 0.29) is 24.8 Å². The summed E-state index contributed by atoms with van der Waals surface area (Å²) in [7, 11) is 1.63. The number of rotatable bonds is 8. The first-order valence-electron chi connectivity index (χ1n) is 12.0. The van der Waals surface area contributed by atoms with Crippen molar-refractivity contribution >= 4 is 28.7 Å². The van der Waals surface area contributed by atoms with Gasteiger partial charge in [-0.2, -0.15) is 0 Å². The van der Waals surface area contributed by atoms with Crippen LogP contribution in [0.3, 0.4) is 0 Å². The molecule has 0 radical (unpaired) electrons. The Morgan fingerprint density at radius 2 is 1.86 bits per heavy atom. The molecule has 1 aliphatic heterocycles. The van der Waals surface area contributed by atoms with Gasteiger partial charge in [-0.3, -0.25) is 4.79 Å². The second-order valence-electron chi connectivity index (χ2n) is 8.74. The molecular formula is C30H27NO6. The molecule has 37 heavy (non-hydrogen) atoms.